The molecular formula is C25H23NO2. The third-order valence-corrected chi connectivity index (χ3v) is 4.63. The number of esters is 1. The van der Waals surface area contributed by atoms with Crippen molar-refractivity contribution in [1.82, 2.24) is 0 Å². The van der Waals surface area contributed by atoms with E-state index in [0.29, 0.717) is 6.42 Å². The number of ether oxygens (including phenoxy) is 1. The smallest absolute Gasteiger partial charge is 0.395 e. The Balaban J connectivity index is 1.98. The Hall–Kier alpha value is -3.38. The van der Waals surface area contributed by atoms with Gasteiger partial charge in [0.15, 0.2) is 0 Å². The van der Waals surface area contributed by atoms with E-state index in [1.54, 1.807) is 6.92 Å². The average Bonchev–Trinajstić information content (AvgIpc) is 2.72. The third kappa shape index (κ3) is 4.86. The minimum absolute atomic E-state index is 0.266. The molecule has 0 spiro atoms. The average molecular weight is 369 g/mol. The highest BCUT2D eigenvalue weighted by molar-refractivity contribution is 5.80. The third-order valence-electron chi connectivity index (χ3n) is 4.63. The van der Waals surface area contributed by atoms with Crippen LogP contribution in [0.15, 0.2) is 78.9 Å². The topological polar surface area (TPSA) is 30.7 Å². The van der Waals surface area contributed by atoms with E-state index >= 15 is 0 Å². The van der Waals surface area contributed by atoms with Crippen molar-refractivity contribution >= 4 is 5.97 Å². The first-order valence-electron chi connectivity index (χ1n) is 9.44. The normalized spacial score (nSPS) is 11.4. The van der Waals surface area contributed by atoms with Gasteiger partial charge in [-0.2, -0.15) is 0 Å². The van der Waals surface area contributed by atoms with Gasteiger partial charge in [0, 0.05) is 5.56 Å². The number of benzene rings is 3. The number of hydrogen-bond acceptors (Lipinski definition) is 2. The van der Waals surface area contributed by atoms with Crippen molar-refractivity contribution < 1.29 is 9.53 Å². The van der Waals surface area contributed by atoms with E-state index in [-0.39, 0.29) is 6.61 Å². The Bertz CT molecular complexity index is 959. The summed E-state index contributed by atoms with van der Waals surface area (Å²) in [5.41, 5.74) is 5.14. The second-order valence-corrected chi connectivity index (χ2v) is 6.64. The Morgan fingerprint density at radius 1 is 0.893 bits per heavy atom. The quantitative estimate of drug-likeness (QED) is 0.413. The standard InChI is InChI=1S/C25H23NO2/c1-3-28-25(27)24(26-2)23-18-21(16-19-10-6-4-7-11-19)14-15-22(23)17-20-12-8-5-9-13-20/h4-15,18,24H,3,16-17H2,1H3. The minimum atomic E-state index is -0.936. The fourth-order valence-corrected chi connectivity index (χ4v) is 3.29. The molecule has 0 aliphatic heterocycles. The Kier molecular flexibility index (Phi) is 6.59. The molecule has 1 unspecified atom stereocenters. The summed E-state index contributed by atoms with van der Waals surface area (Å²) < 4.78 is 5.16. The molecule has 3 aromatic carbocycles. The Morgan fingerprint density at radius 2 is 1.50 bits per heavy atom. The lowest BCUT2D eigenvalue weighted by molar-refractivity contribution is -0.143. The van der Waals surface area contributed by atoms with Crippen LogP contribution in [0, 0.1) is 6.57 Å². The van der Waals surface area contributed by atoms with Crippen LogP contribution in [0.5, 0.6) is 0 Å². The first-order chi connectivity index (χ1) is 13.7. The fourth-order valence-electron chi connectivity index (χ4n) is 3.29. The van der Waals surface area contributed by atoms with Crippen LogP contribution in [0.1, 0.15) is 40.8 Å². The second kappa shape index (κ2) is 9.53. The lowest BCUT2D eigenvalue weighted by Crippen LogP contribution is -2.15. The van der Waals surface area contributed by atoms with Gasteiger partial charge in [-0.1, -0.05) is 72.8 Å². The SMILES string of the molecule is [C-]#[N+]C(C(=O)OCC)c1cc(Cc2ccccc2)ccc1Cc1ccccc1. The maximum atomic E-state index is 12.4. The van der Waals surface area contributed by atoms with Gasteiger partial charge in [-0.05, 0) is 48.1 Å². The van der Waals surface area contributed by atoms with E-state index in [1.165, 1.54) is 5.56 Å². The van der Waals surface area contributed by atoms with Crippen LogP contribution in [-0.2, 0) is 22.4 Å². The van der Waals surface area contributed by atoms with Gasteiger partial charge in [-0.25, -0.2) is 11.4 Å². The van der Waals surface area contributed by atoms with E-state index in [9.17, 15) is 4.79 Å². The summed E-state index contributed by atoms with van der Waals surface area (Å²) in [6.45, 7) is 9.62. The molecule has 3 rings (SSSR count). The number of carbonyl (C=O) groups excluding carboxylic acids is 1. The molecule has 0 N–H and O–H groups in total. The van der Waals surface area contributed by atoms with Crippen molar-refractivity contribution in [3.8, 4) is 0 Å². The summed E-state index contributed by atoms with van der Waals surface area (Å²) >= 11 is 0. The van der Waals surface area contributed by atoms with Crippen LogP contribution in [0.2, 0.25) is 0 Å². The van der Waals surface area contributed by atoms with Crippen molar-refractivity contribution in [3.63, 3.8) is 0 Å². The predicted molar refractivity (Wildman–Crippen MR) is 111 cm³/mol. The Labute approximate surface area is 166 Å². The van der Waals surface area contributed by atoms with Gasteiger partial charge in [0.1, 0.15) is 0 Å². The largest absolute Gasteiger partial charge is 0.460 e. The maximum absolute atomic E-state index is 12.4. The molecule has 3 aromatic rings. The molecule has 0 amide bonds. The van der Waals surface area contributed by atoms with Gasteiger partial charge in [0.2, 0.25) is 0 Å². The summed E-state index contributed by atoms with van der Waals surface area (Å²) in [5.74, 6) is -0.483. The molecule has 0 saturated carbocycles. The van der Waals surface area contributed by atoms with Gasteiger partial charge >= 0.3 is 12.0 Å². The molecule has 3 nitrogen and oxygen atoms in total. The highest BCUT2D eigenvalue weighted by atomic mass is 16.5. The Morgan fingerprint density at radius 3 is 2.07 bits per heavy atom. The summed E-state index contributed by atoms with van der Waals surface area (Å²) in [6, 6.07) is 25.4. The summed E-state index contributed by atoms with van der Waals surface area (Å²) in [4.78, 5) is 16.0. The van der Waals surface area contributed by atoms with Gasteiger partial charge < -0.3 is 4.74 Å². The minimum Gasteiger partial charge on any atom is -0.460 e. The predicted octanol–water partition coefficient (Wildman–Crippen LogP) is 5.39. The molecule has 0 bridgehead atoms. The van der Waals surface area contributed by atoms with E-state index in [2.05, 4.69) is 35.2 Å². The van der Waals surface area contributed by atoms with Crippen molar-refractivity contribution in [3.05, 3.63) is 118 Å². The lowest BCUT2D eigenvalue weighted by atomic mass is 9.92. The van der Waals surface area contributed by atoms with Gasteiger partial charge in [0.05, 0.1) is 6.61 Å². The van der Waals surface area contributed by atoms with Gasteiger partial charge in [0.25, 0.3) is 0 Å². The lowest BCUT2D eigenvalue weighted by Gasteiger charge is -2.13. The van der Waals surface area contributed by atoms with Crippen molar-refractivity contribution in [1.29, 1.82) is 0 Å². The highest BCUT2D eigenvalue weighted by Crippen LogP contribution is 2.27. The number of rotatable bonds is 7. The molecule has 0 aliphatic rings. The summed E-state index contributed by atoms with van der Waals surface area (Å²) in [6.07, 6.45) is 1.43. The van der Waals surface area contributed by atoms with Crippen LogP contribution < -0.4 is 0 Å². The molecule has 1 atom stereocenters. The zero-order valence-electron chi connectivity index (χ0n) is 16.0. The molecule has 0 aromatic heterocycles. The van der Waals surface area contributed by atoms with Crippen molar-refractivity contribution in [2.45, 2.75) is 25.8 Å². The van der Waals surface area contributed by atoms with Crippen LogP contribution in [0.3, 0.4) is 0 Å². The van der Waals surface area contributed by atoms with E-state index in [1.807, 2.05) is 48.5 Å². The zero-order valence-corrected chi connectivity index (χ0v) is 16.0. The fraction of sp³-hybridized carbons (Fsp3) is 0.200. The number of nitrogens with zero attached hydrogens (tertiary/aromatic N) is 1. The zero-order chi connectivity index (χ0) is 19.8. The monoisotopic (exact) mass is 369 g/mol. The first-order valence-corrected chi connectivity index (χ1v) is 9.44. The van der Waals surface area contributed by atoms with Crippen LogP contribution >= 0.6 is 0 Å². The molecule has 0 heterocycles. The number of hydrogen-bond donors (Lipinski definition) is 0. The molecule has 0 fully saturated rings. The van der Waals surface area contributed by atoms with Crippen LogP contribution in [0.4, 0.5) is 0 Å². The molecule has 140 valence electrons. The van der Waals surface area contributed by atoms with E-state index in [4.69, 9.17) is 11.3 Å². The van der Waals surface area contributed by atoms with Crippen molar-refractivity contribution in [2.24, 2.45) is 0 Å². The molecule has 28 heavy (non-hydrogen) atoms. The van der Waals surface area contributed by atoms with Gasteiger partial charge in [-0.3, -0.25) is 4.85 Å². The molecular weight excluding hydrogens is 346 g/mol. The highest BCUT2D eigenvalue weighted by Gasteiger charge is 2.30. The van der Waals surface area contributed by atoms with Gasteiger partial charge in [-0.15, -0.1) is 0 Å². The molecule has 0 saturated heterocycles. The molecule has 0 radical (unpaired) electrons. The summed E-state index contributed by atoms with van der Waals surface area (Å²) in [7, 11) is 0. The van der Waals surface area contributed by atoms with E-state index in [0.717, 1.165) is 28.7 Å². The molecule has 3 heteroatoms. The second-order valence-electron chi connectivity index (χ2n) is 6.64. The van der Waals surface area contributed by atoms with Crippen LogP contribution in [-0.4, -0.2) is 12.6 Å². The summed E-state index contributed by atoms with van der Waals surface area (Å²) in [5, 5.41) is 0. The van der Waals surface area contributed by atoms with Crippen LogP contribution in [0.25, 0.3) is 4.85 Å². The van der Waals surface area contributed by atoms with E-state index < -0.39 is 12.0 Å². The number of carbonyl (C=O) groups is 1. The first kappa shape index (κ1) is 19.4. The maximum Gasteiger partial charge on any atom is 0.395 e. The molecule has 0 aliphatic carbocycles. The van der Waals surface area contributed by atoms with Crippen molar-refractivity contribution in [2.75, 3.05) is 6.61 Å².